The average Bonchev–Trinajstić information content (AvgIpc) is 2.69. The van der Waals surface area contributed by atoms with Gasteiger partial charge in [-0.1, -0.05) is 0 Å². The number of carbonyl (C=O) groups excluding carboxylic acids is 2. The lowest BCUT2D eigenvalue weighted by molar-refractivity contribution is -0.121. The Morgan fingerprint density at radius 1 is 1.64 bits per heavy atom. The molecule has 76 valence electrons. The summed E-state index contributed by atoms with van der Waals surface area (Å²) in [5, 5.41) is 4.10. The van der Waals surface area contributed by atoms with Gasteiger partial charge in [0, 0.05) is 19.5 Å². The molecule has 0 saturated carbocycles. The molecule has 0 saturated heterocycles. The van der Waals surface area contributed by atoms with E-state index in [1.54, 1.807) is 17.9 Å². The van der Waals surface area contributed by atoms with E-state index in [1.807, 2.05) is 0 Å². The second kappa shape index (κ2) is 4.71. The van der Waals surface area contributed by atoms with Gasteiger partial charge in [-0.05, 0) is 0 Å². The summed E-state index contributed by atoms with van der Waals surface area (Å²) in [6, 6.07) is 0. The van der Waals surface area contributed by atoms with Crippen LogP contribution in [0.5, 0.6) is 0 Å². The van der Waals surface area contributed by atoms with Crippen LogP contribution in [0.2, 0.25) is 0 Å². The first-order valence-corrected chi connectivity index (χ1v) is 4.93. The SMILES string of the molecule is CNC(=O)CN(C)C(=O)c1cscn1. The molecule has 0 aliphatic rings. The molecule has 14 heavy (non-hydrogen) atoms. The van der Waals surface area contributed by atoms with Gasteiger partial charge in [0.1, 0.15) is 5.69 Å². The number of hydrogen-bond donors (Lipinski definition) is 1. The minimum absolute atomic E-state index is 0.0485. The Kier molecular flexibility index (Phi) is 3.58. The number of rotatable bonds is 3. The average molecular weight is 213 g/mol. The van der Waals surface area contributed by atoms with E-state index in [1.165, 1.54) is 23.3 Å². The third kappa shape index (κ3) is 2.53. The highest BCUT2D eigenvalue weighted by Crippen LogP contribution is 2.03. The molecular weight excluding hydrogens is 202 g/mol. The quantitative estimate of drug-likeness (QED) is 0.766. The molecule has 2 amide bonds. The van der Waals surface area contributed by atoms with Crippen molar-refractivity contribution in [2.24, 2.45) is 0 Å². The molecule has 5 nitrogen and oxygen atoms in total. The fourth-order valence-corrected chi connectivity index (χ4v) is 1.41. The molecule has 1 heterocycles. The summed E-state index contributed by atoms with van der Waals surface area (Å²) in [5.74, 6) is -0.439. The van der Waals surface area contributed by atoms with Gasteiger partial charge in [0.2, 0.25) is 5.91 Å². The van der Waals surface area contributed by atoms with Crippen molar-refractivity contribution in [3.8, 4) is 0 Å². The molecular formula is C8H11N3O2S. The van der Waals surface area contributed by atoms with Crippen molar-refractivity contribution in [3.63, 3.8) is 0 Å². The van der Waals surface area contributed by atoms with E-state index in [0.29, 0.717) is 5.69 Å². The highest BCUT2D eigenvalue weighted by molar-refractivity contribution is 7.07. The number of amides is 2. The first kappa shape index (κ1) is 10.6. The maximum atomic E-state index is 11.5. The number of nitrogens with one attached hydrogen (secondary N) is 1. The van der Waals surface area contributed by atoms with Gasteiger partial charge in [-0.2, -0.15) is 0 Å². The molecule has 0 bridgehead atoms. The molecule has 0 fully saturated rings. The third-order valence-electron chi connectivity index (χ3n) is 1.66. The van der Waals surface area contributed by atoms with Crippen molar-refractivity contribution in [3.05, 3.63) is 16.6 Å². The van der Waals surface area contributed by atoms with Gasteiger partial charge in [0.25, 0.3) is 5.91 Å². The molecule has 1 aromatic heterocycles. The fraction of sp³-hybridized carbons (Fsp3) is 0.375. The lowest BCUT2D eigenvalue weighted by Gasteiger charge is -2.14. The van der Waals surface area contributed by atoms with Crippen LogP contribution >= 0.6 is 11.3 Å². The van der Waals surface area contributed by atoms with Gasteiger partial charge in [-0.3, -0.25) is 9.59 Å². The van der Waals surface area contributed by atoms with E-state index in [0.717, 1.165) is 0 Å². The number of thiazole rings is 1. The van der Waals surface area contributed by atoms with Crippen LogP contribution in [-0.4, -0.2) is 42.3 Å². The molecule has 0 aliphatic heterocycles. The van der Waals surface area contributed by atoms with Gasteiger partial charge in [-0.25, -0.2) is 4.98 Å². The van der Waals surface area contributed by atoms with Crippen LogP contribution in [0.3, 0.4) is 0 Å². The smallest absolute Gasteiger partial charge is 0.273 e. The fourth-order valence-electron chi connectivity index (χ4n) is 0.880. The second-order valence-corrected chi connectivity index (χ2v) is 3.43. The van der Waals surface area contributed by atoms with E-state index < -0.39 is 0 Å². The van der Waals surface area contributed by atoms with Crippen molar-refractivity contribution in [2.75, 3.05) is 20.6 Å². The Labute approximate surface area is 85.7 Å². The van der Waals surface area contributed by atoms with Crippen LogP contribution in [0.25, 0.3) is 0 Å². The maximum Gasteiger partial charge on any atom is 0.273 e. The summed E-state index contributed by atoms with van der Waals surface area (Å²) in [4.78, 5) is 27.7. The highest BCUT2D eigenvalue weighted by atomic mass is 32.1. The largest absolute Gasteiger partial charge is 0.358 e. The molecule has 0 aliphatic carbocycles. The normalized spacial score (nSPS) is 9.57. The van der Waals surface area contributed by atoms with Crippen molar-refractivity contribution >= 4 is 23.2 Å². The van der Waals surface area contributed by atoms with Crippen molar-refractivity contribution in [2.45, 2.75) is 0 Å². The lowest BCUT2D eigenvalue weighted by Crippen LogP contribution is -2.36. The number of hydrogen-bond acceptors (Lipinski definition) is 4. The summed E-state index contributed by atoms with van der Waals surface area (Å²) in [5.41, 5.74) is 1.96. The molecule has 0 aromatic carbocycles. The number of likely N-dealkylation sites (N-methyl/N-ethyl adjacent to an activating group) is 2. The Bertz CT molecular complexity index is 323. The Morgan fingerprint density at radius 3 is 2.86 bits per heavy atom. The number of nitrogens with zero attached hydrogens (tertiary/aromatic N) is 2. The predicted octanol–water partition coefficient (Wildman–Crippen LogP) is -0.0389. The standard InChI is InChI=1S/C8H11N3O2S/c1-9-7(12)3-11(2)8(13)6-4-14-5-10-6/h4-5H,3H2,1-2H3,(H,9,12). The van der Waals surface area contributed by atoms with Crippen LogP contribution < -0.4 is 5.32 Å². The van der Waals surface area contributed by atoms with E-state index >= 15 is 0 Å². The van der Waals surface area contributed by atoms with E-state index in [9.17, 15) is 9.59 Å². The van der Waals surface area contributed by atoms with Gasteiger partial charge < -0.3 is 10.2 Å². The van der Waals surface area contributed by atoms with Crippen molar-refractivity contribution in [1.29, 1.82) is 0 Å². The zero-order valence-corrected chi connectivity index (χ0v) is 8.80. The summed E-state index contributed by atoms with van der Waals surface area (Å²) < 4.78 is 0. The molecule has 1 aromatic rings. The Hall–Kier alpha value is -1.43. The number of aromatic nitrogens is 1. The van der Waals surface area contributed by atoms with E-state index in [-0.39, 0.29) is 18.4 Å². The van der Waals surface area contributed by atoms with Crippen LogP contribution in [0.4, 0.5) is 0 Å². The third-order valence-corrected chi connectivity index (χ3v) is 2.24. The zero-order valence-electron chi connectivity index (χ0n) is 7.98. The first-order valence-electron chi connectivity index (χ1n) is 3.99. The van der Waals surface area contributed by atoms with Crippen molar-refractivity contribution in [1.82, 2.24) is 15.2 Å². The molecule has 6 heteroatoms. The summed E-state index contributed by atoms with van der Waals surface area (Å²) >= 11 is 1.35. The molecule has 0 spiro atoms. The van der Waals surface area contributed by atoms with E-state index in [4.69, 9.17) is 0 Å². The van der Waals surface area contributed by atoms with Crippen LogP contribution in [0.1, 0.15) is 10.5 Å². The van der Waals surface area contributed by atoms with Gasteiger partial charge in [0.05, 0.1) is 12.1 Å². The van der Waals surface area contributed by atoms with Gasteiger partial charge in [0.15, 0.2) is 0 Å². The minimum atomic E-state index is -0.241. The topological polar surface area (TPSA) is 62.3 Å². The maximum absolute atomic E-state index is 11.5. The summed E-state index contributed by atoms with van der Waals surface area (Å²) in [7, 11) is 3.10. The Morgan fingerprint density at radius 2 is 2.36 bits per heavy atom. The minimum Gasteiger partial charge on any atom is -0.358 e. The number of carbonyl (C=O) groups is 2. The second-order valence-electron chi connectivity index (χ2n) is 2.71. The van der Waals surface area contributed by atoms with Gasteiger partial charge >= 0.3 is 0 Å². The van der Waals surface area contributed by atoms with Crippen LogP contribution in [-0.2, 0) is 4.79 Å². The van der Waals surface area contributed by atoms with Crippen molar-refractivity contribution < 1.29 is 9.59 Å². The lowest BCUT2D eigenvalue weighted by atomic mass is 10.4. The van der Waals surface area contributed by atoms with Crippen LogP contribution in [0.15, 0.2) is 10.9 Å². The molecule has 0 unspecified atom stereocenters. The molecule has 0 atom stereocenters. The highest BCUT2D eigenvalue weighted by Gasteiger charge is 2.15. The molecule has 1 rings (SSSR count). The molecule has 0 radical (unpaired) electrons. The monoisotopic (exact) mass is 213 g/mol. The molecule has 1 N–H and O–H groups in total. The Balaban J connectivity index is 2.58. The zero-order chi connectivity index (χ0) is 10.6. The van der Waals surface area contributed by atoms with Gasteiger partial charge in [-0.15, -0.1) is 11.3 Å². The summed E-state index contributed by atoms with van der Waals surface area (Å²) in [6.45, 7) is 0.0485. The predicted molar refractivity (Wildman–Crippen MR) is 53.1 cm³/mol. The first-order chi connectivity index (χ1) is 6.65. The van der Waals surface area contributed by atoms with E-state index in [2.05, 4.69) is 10.3 Å². The summed E-state index contributed by atoms with van der Waals surface area (Å²) in [6.07, 6.45) is 0. The van der Waals surface area contributed by atoms with Crippen LogP contribution in [0, 0.1) is 0 Å².